The number of para-hydroxylation sites is 1. The minimum absolute atomic E-state index is 0.247. The van der Waals surface area contributed by atoms with E-state index in [-0.39, 0.29) is 10.6 Å². The lowest BCUT2D eigenvalue weighted by atomic mass is 10.2. The summed E-state index contributed by atoms with van der Waals surface area (Å²) in [4.78, 5) is 16.6. The third-order valence-electron chi connectivity index (χ3n) is 3.33. The molecule has 0 spiro atoms. The molecule has 0 saturated heterocycles. The normalized spacial score (nSPS) is 10.8. The second kappa shape index (κ2) is 7.54. The molecule has 0 saturated carbocycles. The van der Waals surface area contributed by atoms with E-state index in [2.05, 4.69) is 10.3 Å². The van der Waals surface area contributed by atoms with Crippen molar-refractivity contribution >= 4 is 32.6 Å². The van der Waals surface area contributed by atoms with Crippen LogP contribution in [0.15, 0.2) is 36.4 Å². The lowest BCUT2D eigenvalue weighted by molar-refractivity contribution is 0.101. The second-order valence-corrected chi connectivity index (χ2v) is 6.08. The van der Waals surface area contributed by atoms with Crippen molar-refractivity contribution in [3.05, 3.63) is 53.6 Å². The number of benzene rings is 2. The molecule has 0 atom stereocenters. The highest BCUT2D eigenvalue weighted by Gasteiger charge is 2.15. The molecule has 1 amide bonds. The van der Waals surface area contributed by atoms with Gasteiger partial charge in [0.2, 0.25) is 0 Å². The Morgan fingerprint density at radius 3 is 2.76 bits per heavy atom. The van der Waals surface area contributed by atoms with Crippen LogP contribution in [-0.2, 0) is 4.74 Å². The van der Waals surface area contributed by atoms with Crippen molar-refractivity contribution in [1.82, 2.24) is 4.98 Å². The van der Waals surface area contributed by atoms with Crippen molar-refractivity contribution in [2.24, 2.45) is 0 Å². The van der Waals surface area contributed by atoms with Gasteiger partial charge < -0.3 is 9.47 Å². The first-order valence-corrected chi connectivity index (χ1v) is 8.18. The Balaban J connectivity index is 1.80. The smallest absolute Gasteiger partial charge is 0.261 e. The third-order valence-corrected chi connectivity index (χ3v) is 4.26. The first-order chi connectivity index (χ1) is 12.1. The molecule has 0 aliphatic heterocycles. The number of ether oxygens (including phenoxy) is 2. The van der Waals surface area contributed by atoms with Crippen LogP contribution in [0.3, 0.4) is 0 Å². The maximum atomic E-state index is 13.3. The first kappa shape index (κ1) is 17.2. The number of thiazole rings is 1. The van der Waals surface area contributed by atoms with Crippen molar-refractivity contribution in [3.63, 3.8) is 0 Å². The maximum absolute atomic E-state index is 13.3. The molecule has 0 aliphatic rings. The Bertz CT molecular complexity index is 875. The van der Waals surface area contributed by atoms with Gasteiger partial charge in [-0.05, 0) is 18.2 Å². The van der Waals surface area contributed by atoms with E-state index in [0.29, 0.717) is 29.2 Å². The lowest BCUT2D eigenvalue weighted by Gasteiger charge is -2.10. The van der Waals surface area contributed by atoms with Gasteiger partial charge >= 0.3 is 0 Å². The number of carbonyl (C=O) groups is 1. The monoisotopic (exact) mass is 364 g/mol. The van der Waals surface area contributed by atoms with Gasteiger partial charge in [0.25, 0.3) is 5.91 Å². The minimum Gasteiger partial charge on any atom is -0.490 e. The van der Waals surface area contributed by atoms with Gasteiger partial charge in [-0.3, -0.25) is 10.1 Å². The molecule has 2 aromatic carbocycles. The van der Waals surface area contributed by atoms with E-state index in [1.807, 2.05) is 0 Å². The Labute approximate surface area is 146 Å². The van der Waals surface area contributed by atoms with Gasteiger partial charge in [0.15, 0.2) is 16.8 Å². The summed E-state index contributed by atoms with van der Waals surface area (Å²) in [6.45, 7) is 0.700. The number of carbonyl (C=O) groups excluding carboxylic acids is 1. The summed E-state index contributed by atoms with van der Waals surface area (Å²) >= 11 is 1.06. The molecule has 25 heavy (non-hydrogen) atoms. The molecular weight excluding hydrogens is 350 g/mol. The number of nitrogens with one attached hydrogen (secondary N) is 1. The van der Waals surface area contributed by atoms with Crippen LogP contribution in [0, 0.1) is 11.6 Å². The predicted molar refractivity (Wildman–Crippen MR) is 91.3 cm³/mol. The molecule has 0 fully saturated rings. The van der Waals surface area contributed by atoms with E-state index in [9.17, 15) is 13.6 Å². The van der Waals surface area contributed by atoms with E-state index in [0.717, 1.165) is 23.5 Å². The van der Waals surface area contributed by atoms with Gasteiger partial charge in [0.05, 0.1) is 22.4 Å². The highest BCUT2D eigenvalue weighted by Crippen LogP contribution is 2.29. The summed E-state index contributed by atoms with van der Waals surface area (Å²) in [6.07, 6.45) is 0. The topological polar surface area (TPSA) is 60.5 Å². The van der Waals surface area contributed by atoms with Crippen molar-refractivity contribution in [2.45, 2.75) is 0 Å². The number of aromatic nitrogens is 1. The van der Waals surface area contributed by atoms with Gasteiger partial charge in [0, 0.05) is 13.2 Å². The van der Waals surface area contributed by atoms with Crippen LogP contribution in [-0.4, -0.2) is 31.2 Å². The molecule has 1 heterocycles. The minimum atomic E-state index is -0.979. The van der Waals surface area contributed by atoms with Crippen molar-refractivity contribution < 1.29 is 23.0 Å². The van der Waals surface area contributed by atoms with Crippen molar-refractivity contribution in [2.75, 3.05) is 25.6 Å². The Hall–Kier alpha value is -2.58. The first-order valence-electron chi connectivity index (χ1n) is 7.36. The van der Waals surface area contributed by atoms with E-state index >= 15 is 0 Å². The standard InChI is InChI=1S/C17H14F2N2O3S/c1-23-6-7-24-14-5-3-2-4-10(14)16(22)21-17-20-13-8-11(18)12(19)9-15(13)25-17/h2-5,8-9H,6-7H2,1H3,(H,20,21,22). The van der Waals surface area contributed by atoms with Gasteiger partial charge in [-0.1, -0.05) is 23.5 Å². The summed E-state index contributed by atoms with van der Waals surface area (Å²) in [5.74, 6) is -1.94. The molecule has 0 bridgehead atoms. The predicted octanol–water partition coefficient (Wildman–Crippen LogP) is 3.85. The number of anilines is 1. The highest BCUT2D eigenvalue weighted by molar-refractivity contribution is 7.22. The molecule has 0 radical (unpaired) electrons. The van der Waals surface area contributed by atoms with E-state index in [1.165, 1.54) is 0 Å². The number of fused-ring (bicyclic) bond motifs is 1. The average molecular weight is 364 g/mol. The number of rotatable bonds is 6. The number of nitrogens with zero attached hydrogens (tertiary/aromatic N) is 1. The van der Waals surface area contributed by atoms with Crippen LogP contribution in [0.25, 0.3) is 10.2 Å². The summed E-state index contributed by atoms with van der Waals surface area (Å²) in [5, 5.41) is 2.88. The maximum Gasteiger partial charge on any atom is 0.261 e. The van der Waals surface area contributed by atoms with Gasteiger partial charge in [-0.25, -0.2) is 13.8 Å². The summed E-state index contributed by atoms with van der Waals surface area (Å²) in [7, 11) is 1.56. The summed E-state index contributed by atoms with van der Waals surface area (Å²) < 4.78 is 37.4. The zero-order valence-electron chi connectivity index (χ0n) is 13.2. The molecule has 3 aromatic rings. The fourth-order valence-electron chi connectivity index (χ4n) is 2.16. The van der Waals surface area contributed by atoms with Gasteiger partial charge in [-0.15, -0.1) is 0 Å². The number of methoxy groups -OCH3 is 1. The number of halogens is 2. The third kappa shape index (κ3) is 3.92. The van der Waals surface area contributed by atoms with Crippen molar-refractivity contribution in [3.8, 4) is 5.75 Å². The van der Waals surface area contributed by atoms with Crippen molar-refractivity contribution in [1.29, 1.82) is 0 Å². The molecule has 8 heteroatoms. The summed E-state index contributed by atoms with van der Waals surface area (Å²) in [6, 6.07) is 8.81. The molecule has 3 rings (SSSR count). The molecule has 1 N–H and O–H groups in total. The molecule has 0 unspecified atom stereocenters. The SMILES string of the molecule is COCCOc1ccccc1C(=O)Nc1nc2cc(F)c(F)cc2s1. The second-order valence-electron chi connectivity index (χ2n) is 5.04. The van der Waals surface area contributed by atoms with Gasteiger partial charge in [-0.2, -0.15) is 0 Å². The van der Waals surface area contributed by atoms with Crippen LogP contribution in [0.2, 0.25) is 0 Å². The fraction of sp³-hybridized carbons (Fsp3) is 0.176. The van der Waals surface area contributed by atoms with E-state index in [4.69, 9.17) is 9.47 Å². The van der Waals surface area contributed by atoms with Crippen LogP contribution >= 0.6 is 11.3 Å². The quantitative estimate of drug-likeness (QED) is 0.675. The van der Waals surface area contributed by atoms with Crippen LogP contribution in [0.5, 0.6) is 5.75 Å². The zero-order chi connectivity index (χ0) is 17.8. The largest absolute Gasteiger partial charge is 0.490 e. The zero-order valence-corrected chi connectivity index (χ0v) is 14.0. The highest BCUT2D eigenvalue weighted by atomic mass is 32.1. The van der Waals surface area contributed by atoms with E-state index < -0.39 is 17.5 Å². The Morgan fingerprint density at radius 1 is 1.20 bits per heavy atom. The number of hydrogen-bond donors (Lipinski definition) is 1. The lowest BCUT2D eigenvalue weighted by Crippen LogP contribution is -2.14. The molecular formula is C17H14F2N2O3S. The molecule has 0 aliphatic carbocycles. The van der Waals surface area contributed by atoms with Gasteiger partial charge in [0.1, 0.15) is 12.4 Å². The molecule has 1 aromatic heterocycles. The number of hydrogen-bond acceptors (Lipinski definition) is 5. The van der Waals surface area contributed by atoms with Crippen LogP contribution < -0.4 is 10.1 Å². The Morgan fingerprint density at radius 2 is 1.96 bits per heavy atom. The molecule has 130 valence electrons. The van der Waals surface area contributed by atoms with E-state index in [1.54, 1.807) is 31.4 Å². The van der Waals surface area contributed by atoms with Crippen LogP contribution in [0.1, 0.15) is 10.4 Å². The average Bonchev–Trinajstić information content (AvgIpc) is 2.97. The Kier molecular flexibility index (Phi) is 5.20. The fourth-order valence-corrected chi connectivity index (χ4v) is 3.02. The number of amides is 1. The molecule has 5 nitrogen and oxygen atoms in total. The summed E-state index contributed by atoms with van der Waals surface area (Å²) in [5.41, 5.74) is 0.610. The van der Waals surface area contributed by atoms with Crippen LogP contribution in [0.4, 0.5) is 13.9 Å².